The first-order valence-electron chi connectivity index (χ1n) is 4.09. The third-order valence-corrected chi connectivity index (χ3v) is 2.37. The van der Waals surface area contributed by atoms with E-state index in [1.54, 1.807) is 6.26 Å². The fourth-order valence-corrected chi connectivity index (χ4v) is 1.65. The molecule has 1 N–H and O–H groups in total. The monoisotopic (exact) mass is 151 g/mol. The summed E-state index contributed by atoms with van der Waals surface area (Å²) in [5.41, 5.74) is 1.32. The molecular formula is C9H13NO. The van der Waals surface area contributed by atoms with Crippen LogP contribution in [-0.4, -0.2) is 6.54 Å². The Morgan fingerprint density at radius 3 is 3.09 bits per heavy atom. The van der Waals surface area contributed by atoms with E-state index in [0.717, 1.165) is 12.3 Å². The van der Waals surface area contributed by atoms with Crippen LogP contribution in [0.15, 0.2) is 16.7 Å². The molecule has 1 aliphatic rings. The first-order valence-corrected chi connectivity index (χ1v) is 4.09. The minimum absolute atomic E-state index is 0.458. The topological polar surface area (TPSA) is 25.2 Å². The molecule has 2 nitrogen and oxygen atoms in total. The molecule has 0 saturated heterocycles. The number of hydrogen-bond acceptors (Lipinski definition) is 2. The highest BCUT2D eigenvalue weighted by molar-refractivity contribution is 5.26. The van der Waals surface area contributed by atoms with Crippen LogP contribution in [0.25, 0.3) is 0 Å². The molecule has 0 radical (unpaired) electrons. The van der Waals surface area contributed by atoms with Gasteiger partial charge >= 0.3 is 0 Å². The van der Waals surface area contributed by atoms with Gasteiger partial charge in [0.05, 0.1) is 6.26 Å². The lowest BCUT2D eigenvalue weighted by Gasteiger charge is -2.23. The molecule has 1 aliphatic heterocycles. The second kappa shape index (κ2) is 2.38. The van der Waals surface area contributed by atoms with Crippen molar-refractivity contribution in [2.75, 3.05) is 6.54 Å². The highest BCUT2D eigenvalue weighted by Gasteiger charge is 2.23. The lowest BCUT2D eigenvalue weighted by molar-refractivity contribution is 0.405. The molecule has 0 fully saturated rings. The minimum atomic E-state index is 0.458. The average molecular weight is 151 g/mol. The summed E-state index contributed by atoms with van der Waals surface area (Å²) in [5, 5.41) is 3.41. The highest BCUT2D eigenvalue weighted by Crippen LogP contribution is 2.29. The fourth-order valence-electron chi connectivity index (χ4n) is 1.65. The second-order valence-electron chi connectivity index (χ2n) is 3.27. The van der Waals surface area contributed by atoms with E-state index in [9.17, 15) is 0 Å². The van der Waals surface area contributed by atoms with Crippen molar-refractivity contribution in [3.05, 3.63) is 23.7 Å². The van der Waals surface area contributed by atoms with E-state index in [-0.39, 0.29) is 0 Å². The van der Waals surface area contributed by atoms with Gasteiger partial charge in [-0.1, -0.05) is 6.92 Å². The predicted octanol–water partition coefficient (Wildman–Crippen LogP) is 2.05. The van der Waals surface area contributed by atoms with Crippen LogP contribution in [0.1, 0.15) is 37.1 Å². The van der Waals surface area contributed by atoms with Crippen LogP contribution in [-0.2, 0) is 0 Å². The van der Waals surface area contributed by atoms with Gasteiger partial charge in [-0.2, -0.15) is 0 Å². The molecule has 2 heterocycles. The lowest BCUT2D eigenvalue weighted by Crippen LogP contribution is -2.29. The Bertz CT molecular complexity index is 229. The van der Waals surface area contributed by atoms with E-state index in [1.165, 1.54) is 5.56 Å². The summed E-state index contributed by atoms with van der Waals surface area (Å²) in [4.78, 5) is 0. The molecule has 0 saturated carbocycles. The van der Waals surface area contributed by atoms with Gasteiger partial charge in [0.1, 0.15) is 5.76 Å². The summed E-state index contributed by atoms with van der Waals surface area (Å²) in [5.74, 6) is 1.69. The normalized spacial score (nSPS) is 30.0. The fraction of sp³-hybridized carbons (Fsp3) is 0.556. The molecule has 0 spiro atoms. The van der Waals surface area contributed by atoms with E-state index in [0.29, 0.717) is 12.0 Å². The zero-order valence-electron chi connectivity index (χ0n) is 6.92. The molecule has 2 atom stereocenters. The Morgan fingerprint density at radius 1 is 1.55 bits per heavy atom. The van der Waals surface area contributed by atoms with Crippen LogP contribution in [0.5, 0.6) is 0 Å². The van der Waals surface area contributed by atoms with E-state index in [1.807, 2.05) is 0 Å². The van der Waals surface area contributed by atoms with E-state index in [2.05, 4.69) is 25.2 Å². The molecule has 0 bridgehead atoms. The number of furan rings is 1. The molecule has 2 rings (SSSR count). The van der Waals surface area contributed by atoms with Crippen LogP contribution >= 0.6 is 0 Å². The lowest BCUT2D eigenvalue weighted by atomic mass is 9.96. The van der Waals surface area contributed by atoms with Crippen LogP contribution in [0.2, 0.25) is 0 Å². The average Bonchev–Trinajstić information content (AvgIpc) is 2.45. The third-order valence-electron chi connectivity index (χ3n) is 2.37. The Hall–Kier alpha value is -0.760. The molecule has 0 aromatic carbocycles. The van der Waals surface area contributed by atoms with Crippen molar-refractivity contribution in [3.8, 4) is 0 Å². The molecule has 2 heteroatoms. The quantitative estimate of drug-likeness (QED) is 0.614. The Balaban J connectivity index is 2.43. The van der Waals surface area contributed by atoms with E-state index in [4.69, 9.17) is 4.42 Å². The Morgan fingerprint density at radius 2 is 2.36 bits per heavy atom. The van der Waals surface area contributed by atoms with Crippen LogP contribution in [0, 0.1) is 0 Å². The van der Waals surface area contributed by atoms with Gasteiger partial charge in [-0.15, -0.1) is 0 Å². The zero-order chi connectivity index (χ0) is 7.84. The van der Waals surface area contributed by atoms with Gasteiger partial charge in [0.15, 0.2) is 0 Å². The number of rotatable bonds is 0. The molecule has 1 aromatic heterocycles. The van der Waals surface area contributed by atoms with Crippen molar-refractivity contribution in [1.82, 2.24) is 5.32 Å². The van der Waals surface area contributed by atoms with E-state index >= 15 is 0 Å². The summed E-state index contributed by atoms with van der Waals surface area (Å²) >= 11 is 0. The summed E-state index contributed by atoms with van der Waals surface area (Å²) in [6.45, 7) is 5.38. The van der Waals surface area contributed by atoms with Gasteiger partial charge < -0.3 is 9.73 Å². The molecule has 0 aliphatic carbocycles. The maximum absolute atomic E-state index is 5.40. The summed E-state index contributed by atoms with van der Waals surface area (Å²) < 4.78 is 5.40. The summed E-state index contributed by atoms with van der Waals surface area (Å²) in [6, 6.07) is 2.52. The maximum Gasteiger partial charge on any atom is 0.112 e. The molecule has 1 aromatic rings. The van der Waals surface area contributed by atoms with E-state index < -0.39 is 0 Å². The van der Waals surface area contributed by atoms with Gasteiger partial charge in [0.25, 0.3) is 0 Å². The van der Waals surface area contributed by atoms with Crippen molar-refractivity contribution < 1.29 is 4.42 Å². The molecule has 60 valence electrons. The molecule has 0 amide bonds. The smallest absolute Gasteiger partial charge is 0.112 e. The van der Waals surface area contributed by atoms with Crippen LogP contribution in [0.4, 0.5) is 0 Å². The van der Waals surface area contributed by atoms with Gasteiger partial charge in [0, 0.05) is 24.1 Å². The van der Waals surface area contributed by atoms with Crippen molar-refractivity contribution in [1.29, 1.82) is 0 Å². The third kappa shape index (κ3) is 0.979. The predicted molar refractivity (Wildman–Crippen MR) is 43.5 cm³/mol. The van der Waals surface area contributed by atoms with Crippen molar-refractivity contribution in [2.45, 2.75) is 25.8 Å². The van der Waals surface area contributed by atoms with Gasteiger partial charge in [-0.25, -0.2) is 0 Å². The molecule has 11 heavy (non-hydrogen) atoms. The largest absolute Gasteiger partial charge is 0.469 e. The first-order chi connectivity index (χ1) is 5.29. The molecule has 2 unspecified atom stereocenters. The maximum atomic E-state index is 5.40. The van der Waals surface area contributed by atoms with Crippen molar-refractivity contribution >= 4 is 0 Å². The number of nitrogens with one attached hydrogen (secondary N) is 1. The zero-order valence-corrected chi connectivity index (χ0v) is 6.92. The standard InChI is InChI=1S/C9H13NO/c1-6-5-10-7(2)8-3-4-11-9(6)8/h3-4,6-7,10H,5H2,1-2H3. The van der Waals surface area contributed by atoms with Gasteiger partial charge in [-0.05, 0) is 13.0 Å². The highest BCUT2D eigenvalue weighted by atomic mass is 16.3. The van der Waals surface area contributed by atoms with Gasteiger partial charge in [-0.3, -0.25) is 0 Å². The van der Waals surface area contributed by atoms with Crippen molar-refractivity contribution in [2.24, 2.45) is 0 Å². The Kier molecular flexibility index (Phi) is 1.50. The molecular weight excluding hydrogens is 138 g/mol. The SMILES string of the molecule is CC1CNC(C)c2ccoc21. The first kappa shape index (κ1) is 6.92. The van der Waals surface area contributed by atoms with Crippen LogP contribution in [0.3, 0.4) is 0 Å². The van der Waals surface area contributed by atoms with Gasteiger partial charge in [0.2, 0.25) is 0 Å². The minimum Gasteiger partial charge on any atom is -0.469 e. The van der Waals surface area contributed by atoms with Crippen molar-refractivity contribution in [3.63, 3.8) is 0 Å². The number of hydrogen-bond donors (Lipinski definition) is 1. The summed E-state index contributed by atoms with van der Waals surface area (Å²) in [7, 11) is 0. The van der Waals surface area contributed by atoms with Crippen LogP contribution < -0.4 is 5.32 Å². The Labute approximate surface area is 66.6 Å². The summed E-state index contributed by atoms with van der Waals surface area (Å²) in [6.07, 6.45) is 1.78. The second-order valence-corrected chi connectivity index (χ2v) is 3.27. The number of fused-ring (bicyclic) bond motifs is 1.